The van der Waals surface area contributed by atoms with Crippen LogP contribution in [-0.2, 0) is 14.3 Å². The average molecular weight is 407 g/mol. The van der Waals surface area contributed by atoms with Gasteiger partial charge >= 0.3 is 5.97 Å². The van der Waals surface area contributed by atoms with Gasteiger partial charge in [0.2, 0.25) is 5.91 Å². The summed E-state index contributed by atoms with van der Waals surface area (Å²) < 4.78 is 5.03. The molecule has 6 nitrogen and oxygen atoms in total. The molecule has 0 aliphatic carbocycles. The molecule has 30 heavy (non-hydrogen) atoms. The summed E-state index contributed by atoms with van der Waals surface area (Å²) in [6.45, 7) is 4.21. The molecule has 2 aromatic carbocycles. The summed E-state index contributed by atoms with van der Waals surface area (Å²) in [6, 6.07) is 12.1. The van der Waals surface area contributed by atoms with E-state index in [0.717, 1.165) is 23.2 Å². The van der Waals surface area contributed by atoms with Gasteiger partial charge in [0.05, 0.1) is 6.42 Å². The lowest BCUT2D eigenvalue weighted by Crippen LogP contribution is -2.23. The highest BCUT2D eigenvalue weighted by Crippen LogP contribution is 2.21. The van der Waals surface area contributed by atoms with Gasteiger partial charge in [0.15, 0.2) is 18.2 Å². The SMILES string of the molecule is Cc1ccc(C(=O)CCC(=O)OCC(=O)c2ccc(N3CCCC3=O)cc2)cc1C. The van der Waals surface area contributed by atoms with E-state index in [1.807, 2.05) is 26.0 Å². The fourth-order valence-electron chi connectivity index (χ4n) is 3.32. The molecule has 1 fully saturated rings. The number of carbonyl (C=O) groups excluding carboxylic acids is 4. The Morgan fingerprint density at radius 1 is 0.900 bits per heavy atom. The minimum atomic E-state index is -0.584. The zero-order valence-electron chi connectivity index (χ0n) is 17.3. The summed E-state index contributed by atoms with van der Waals surface area (Å²) in [4.78, 5) is 49.9. The number of aryl methyl sites for hydroxylation is 2. The number of nitrogens with zero attached hydrogens (tertiary/aromatic N) is 1. The second-order valence-corrected chi connectivity index (χ2v) is 7.50. The molecule has 1 aliphatic rings. The normalized spacial score (nSPS) is 13.4. The molecule has 1 heterocycles. The second kappa shape index (κ2) is 9.48. The van der Waals surface area contributed by atoms with Crippen molar-refractivity contribution in [1.29, 1.82) is 0 Å². The maximum absolute atomic E-state index is 12.3. The van der Waals surface area contributed by atoms with E-state index >= 15 is 0 Å². The Hall–Kier alpha value is -3.28. The number of esters is 1. The molecule has 3 rings (SSSR count). The second-order valence-electron chi connectivity index (χ2n) is 7.50. The number of carbonyl (C=O) groups is 4. The van der Waals surface area contributed by atoms with Crippen molar-refractivity contribution in [3.63, 3.8) is 0 Å². The number of Topliss-reactive ketones (excluding diaryl/α,β-unsaturated/α-hetero) is 2. The Bertz CT molecular complexity index is 978. The maximum atomic E-state index is 12.3. The van der Waals surface area contributed by atoms with Gasteiger partial charge in [-0.2, -0.15) is 0 Å². The molecule has 0 radical (unpaired) electrons. The first-order valence-corrected chi connectivity index (χ1v) is 10.0. The van der Waals surface area contributed by atoms with E-state index in [4.69, 9.17) is 4.74 Å². The minimum Gasteiger partial charge on any atom is -0.457 e. The predicted octanol–water partition coefficient (Wildman–Crippen LogP) is 3.82. The highest BCUT2D eigenvalue weighted by molar-refractivity contribution is 6.00. The molecule has 1 amide bonds. The topological polar surface area (TPSA) is 80.8 Å². The van der Waals surface area contributed by atoms with Crippen LogP contribution in [0.25, 0.3) is 0 Å². The molecule has 0 aromatic heterocycles. The first kappa shape index (κ1) is 21.4. The Labute approximate surface area is 175 Å². The van der Waals surface area contributed by atoms with Gasteiger partial charge in [0, 0.05) is 36.2 Å². The van der Waals surface area contributed by atoms with Crippen LogP contribution in [0, 0.1) is 13.8 Å². The van der Waals surface area contributed by atoms with Crippen LogP contribution < -0.4 is 4.90 Å². The van der Waals surface area contributed by atoms with Crippen LogP contribution in [0.3, 0.4) is 0 Å². The van der Waals surface area contributed by atoms with Crippen LogP contribution in [0.4, 0.5) is 5.69 Å². The molecular formula is C24H25NO5. The summed E-state index contributed by atoms with van der Waals surface area (Å²) in [7, 11) is 0. The summed E-state index contributed by atoms with van der Waals surface area (Å²) in [6.07, 6.45) is 1.34. The first-order valence-electron chi connectivity index (χ1n) is 10.0. The van der Waals surface area contributed by atoms with Gasteiger partial charge in [-0.3, -0.25) is 19.2 Å². The Kier molecular flexibility index (Phi) is 6.77. The summed E-state index contributed by atoms with van der Waals surface area (Å²) in [5.74, 6) is -0.963. The fourth-order valence-corrected chi connectivity index (χ4v) is 3.32. The molecule has 0 bridgehead atoms. The highest BCUT2D eigenvalue weighted by atomic mass is 16.5. The molecule has 1 aliphatic heterocycles. The lowest BCUT2D eigenvalue weighted by atomic mass is 10.0. The van der Waals surface area contributed by atoms with Crippen molar-refractivity contribution in [3.05, 3.63) is 64.7 Å². The number of ketones is 2. The summed E-state index contributed by atoms with van der Waals surface area (Å²) in [5, 5.41) is 0. The average Bonchev–Trinajstić information content (AvgIpc) is 3.18. The molecule has 156 valence electrons. The van der Waals surface area contributed by atoms with Gasteiger partial charge in [0.25, 0.3) is 0 Å². The van der Waals surface area contributed by atoms with E-state index in [2.05, 4.69) is 0 Å². The summed E-state index contributed by atoms with van der Waals surface area (Å²) in [5.41, 5.74) is 3.86. The van der Waals surface area contributed by atoms with Crippen LogP contribution in [0.5, 0.6) is 0 Å². The predicted molar refractivity (Wildman–Crippen MR) is 113 cm³/mol. The van der Waals surface area contributed by atoms with Gasteiger partial charge in [-0.25, -0.2) is 0 Å². The third-order valence-corrected chi connectivity index (χ3v) is 5.32. The smallest absolute Gasteiger partial charge is 0.306 e. The largest absolute Gasteiger partial charge is 0.457 e. The number of ether oxygens (including phenoxy) is 1. The molecule has 0 saturated carbocycles. The zero-order valence-corrected chi connectivity index (χ0v) is 17.3. The number of anilines is 1. The van der Waals surface area contributed by atoms with Crippen molar-refractivity contribution in [1.82, 2.24) is 0 Å². The lowest BCUT2D eigenvalue weighted by Gasteiger charge is -2.15. The Balaban J connectivity index is 1.46. The quantitative estimate of drug-likeness (QED) is 0.491. The summed E-state index contributed by atoms with van der Waals surface area (Å²) >= 11 is 0. The number of amides is 1. The van der Waals surface area contributed by atoms with E-state index < -0.39 is 5.97 Å². The van der Waals surface area contributed by atoms with Crippen LogP contribution in [0.2, 0.25) is 0 Å². The van der Waals surface area contributed by atoms with Crippen LogP contribution in [-0.4, -0.2) is 36.6 Å². The number of rotatable bonds is 8. The van der Waals surface area contributed by atoms with Crippen LogP contribution in [0.15, 0.2) is 42.5 Å². The monoisotopic (exact) mass is 407 g/mol. The fraction of sp³-hybridized carbons (Fsp3) is 0.333. The molecule has 1 saturated heterocycles. The molecule has 0 unspecified atom stereocenters. The van der Waals surface area contributed by atoms with Gasteiger partial charge in [0.1, 0.15) is 0 Å². The number of benzene rings is 2. The van der Waals surface area contributed by atoms with Crippen molar-refractivity contribution in [3.8, 4) is 0 Å². The van der Waals surface area contributed by atoms with Crippen LogP contribution >= 0.6 is 0 Å². The Morgan fingerprint density at radius 2 is 1.60 bits per heavy atom. The first-order chi connectivity index (χ1) is 14.3. The molecule has 2 aromatic rings. The standard InChI is InChI=1S/C24H25NO5/c1-16-5-6-19(14-17(16)2)21(26)11-12-24(29)30-15-22(27)18-7-9-20(10-8-18)25-13-3-4-23(25)28/h5-10,14H,3-4,11-13,15H2,1-2H3. The van der Waals surface area contributed by atoms with Crippen molar-refractivity contribution in [2.75, 3.05) is 18.1 Å². The van der Waals surface area contributed by atoms with Crippen molar-refractivity contribution < 1.29 is 23.9 Å². The van der Waals surface area contributed by atoms with Gasteiger partial charge < -0.3 is 9.64 Å². The van der Waals surface area contributed by atoms with E-state index in [0.29, 0.717) is 24.1 Å². The van der Waals surface area contributed by atoms with E-state index in [9.17, 15) is 19.2 Å². The highest BCUT2D eigenvalue weighted by Gasteiger charge is 2.21. The molecule has 6 heteroatoms. The van der Waals surface area contributed by atoms with Crippen molar-refractivity contribution in [2.45, 2.75) is 39.5 Å². The van der Waals surface area contributed by atoms with E-state index in [1.165, 1.54) is 0 Å². The number of hydrogen-bond donors (Lipinski definition) is 0. The molecule has 0 N–H and O–H groups in total. The third kappa shape index (κ3) is 5.20. The molecule has 0 atom stereocenters. The maximum Gasteiger partial charge on any atom is 0.306 e. The molecular weight excluding hydrogens is 382 g/mol. The van der Waals surface area contributed by atoms with Gasteiger partial charge in [-0.05, 0) is 61.7 Å². The minimum absolute atomic E-state index is 0.0358. The molecule has 0 spiro atoms. The third-order valence-electron chi connectivity index (χ3n) is 5.32. The van der Waals surface area contributed by atoms with Gasteiger partial charge in [-0.1, -0.05) is 12.1 Å². The van der Waals surface area contributed by atoms with E-state index in [-0.39, 0.29) is 36.9 Å². The Morgan fingerprint density at radius 3 is 2.23 bits per heavy atom. The lowest BCUT2D eigenvalue weighted by molar-refractivity contribution is -0.142. The number of hydrogen-bond acceptors (Lipinski definition) is 5. The van der Waals surface area contributed by atoms with E-state index in [1.54, 1.807) is 35.2 Å². The van der Waals surface area contributed by atoms with Crippen molar-refractivity contribution in [2.24, 2.45) is 0 Å². The van der Waals surface area contributed by atoms with Gasteiger partial charge in [-0.15, -0.1) is 0 Å². The van der Waals surface area contributed by atoms with Crippen molar-refractivity contribution >= 4 is 29.1 Å². The zero-order chi connectivity index (χ0) is 21.7. The van der Waals surface area contributed by atoms with Crippen LogP contribution in [0.1, 0.15) is 57.5 Å².